The van der Waals surface area contributed by atoms with Gasteiger partial charge in [0.05, 0.1) is 17.6 Å². The summed E-state index contributed by atoms with van der Waals surface area (Å²) in [6.45, 7) is 0.396. The van der Waals surface area contributed by atoms with E-state index < -0.39 is 29.5 Å². The molecule has 0 aliphatic rings. The van der Waals surface area contributed by atoms with Crippen molar-refractivity contribution in [1.82, 2.24) is 20.4 Å². The summed E-state index contributed by atoms with van der Waals surface area (Å²) < 4.78 is 28.1. The molecule has 3 amide bonds. The number of anilines is 1. The van der Waals surface area contributed by atoms with E-state index >= 15 is 0 Å². The van der Waals surface area contributed by atoms with Gasteiger partial charge in [0.2, 0.25) is 0 Å². The Hall–Kier alpha value is -4.80. The molecular weight excluding hydrogens is 472 g/mol. The molecule has 1 heterocycles. The molecule has 0 aliphatic carbocycles. The van der Waals surface area contributed by atoms with E-state index in [-0.39, 0.29) is 30.9 Å². The number of amides is 3. The molecule has 4 N–H and O–H groups in total. The van der Waals surface area contributed by atoms with Crippen LogP contribution in [-0.2, 0) is 13.1 Å². The van der Waals surface area contributed by atoms with Crippen molar-refractivity contribution in [1.29, 1.82) is 0 Å². The third-order valence-corrected chi connectivity index (χ3v) is 5.24. The van der Waals surface area contributed by atoms with Crippen LogP contribution in [0.2, 0.25) is 0 Å². The van der Waals surface area contributed by atoms with Crippen LogP contribution < -0.4 is 16.0 Å². The van der Waals surface area contributed by atoms with Gasteiger partial charge in [0.25, 0.3) is 5.91 Å². The Balaban J connectivity index is 1.42. The van der Waals surface area contributed by atoms with Gasteiger partial charge >= 0.3 is 12.0 Å². The summed E-state index contributed by atoms with van der Waals surface area (Å²) in [4.78, 5) is 36.2. The van der Waals surface area contributed by atoms with Gasteiger partial charge in [-0.1, -0.05) is 30.3 Å². The average Bonchev–Trinajstić information content (AvgIpc) is 3.20. The molecule has 4 aromatic rings. The van der Waals surface area contributed by atoms with E-state index in [0.29, 0.717) is 22.7 Å². The first kappa shape index (κ1) is 24.3. The van der Waals surface area contributed by atoms with Gasteiger partial charge in [0, 0.05) is 30.2 Å². The van der Waals surface area contributed by atoms with Crippen LogP contribution in [0.25, 0.3) is 10.9 Å². The van der Waals surface area contributed by atoms with Crippen molar-refractivity contribution in [3.05, 3.63) is 95.2 Å². The summed E-state index contributed by atoms with van der Waals surface area (Å²) >= 11 is 0. The Labute approximate surface area is 203 Å². The number of carbonyl (C=O) groups excluding carboxylic acids is 2. The number of hydrogen-bond donors (Lipinski definition) is 4. The summed E-state index contributed by atoms with van der Waals surface area (Å²) in [6.07, 6.45) is 0. The molecule has 0 saturated carbocycles. The zero-order chi connectivity index (χ0) is 25.7. The summed E-state index contributed by atoms with van der Waals surface area (Å²) in [5, 5.41) is 21.8. The number of benzene rings is 3. The number of nitrogens with one attached hydrogen (secondary N) is 3. The van der Waals surface area contributed by atoms with Gasteiger partial charge in [-0.15, -0.1) is 0 Å². The first-order valence-corrected chi connectivity index (χ1v) is 10.9. The third-order valence-electron chi connectivity index (χ3n) is 5.24. The molecule has 36 heavy (non-hydrogen) atoms. The van der Waals surface area contributed by atoms with Crippen LogP contribution in [-0.4, -0.2) is 39.3 Å². The molecule has 0 aliphatic heterocycles. The molecule has 0 bridgehead atoms. The highest BCUT2D eigenvalue weighted by Gasteiger charge is 2.18. The number of aromatic carboxylic acids is 1. The minimum absolute atomic E-state index is 0.0359. The molecule has 0 atom stereocenters. The lowest BCUT2D eigenvalue weighted by Crippen LogP contribution is -2.33. The van der Waals surface area contributed by atoms with E-state index in [4.69, 9.17) is 5.11 Å². The van der Waals surface area contributed by atoms with Gasteiger partial charge in [-0.05, 0) is 35.9 Å². The van der Waals surface area contributed by atoms with E-state index in [9.17, 15) is 23.2 Å². The van der Waals surface area contributed by atoms with E-state index in [0.717, 1.165) is 17.7 Å². The Morgan fingerprint density at radius 2 is 1.61 bits per heavy atom. The fourth-order valence-electron chi connectivity index (χ4n) is 3.59. The smallest absolute Gasteiger partial charge is 0.335 e. The molecular formula is C25H21F2N5O4. The van der Waals surface area contributed by atoms with Crippen LogP contribution in [0.3, 0.4) is 0 Å². The van der Waals surface area contributed by atoms with E-state index in [1.807, 2.05) is 0 Å². The predicted molar refractivity (Wildman–Crippen MR) is 128 cm³/mol. The number of nitrogens with zero attached hydrogens (tertiary/aromatic N) is 2. The van der Waals surface area contributed by atoms with Gasteiger partial charge in [-0.3, -0.25) is 9.48 Å². The van der Waals surface area contributed by atoms with Gasteiger partial charge < -0.3 is 21.1 Å². The van der Waals surface area contributed by atoms with Crippen LogP contribution in [0, 0.1) is 11.6 Å². The van der Waals surface area contributed by atoms with E-state index in [1.165, 1.54) is 16.8 Å². The fourth-order valence-corrected chi connectivity index (χ4v) is 3.59. The Morgan fingerprint density at radius 3 is 2.31 bits per heavy atom. The predicted octanol–water partition coefficient (Wildman–Crippen LogP) is 3.76. The lowest BCUT2D eigenvalue weighted by Gasteiger charge is -2.11. The Morgan fingerprint density at radius 1 is 0.917 bits per heavy atom. The van der Waals surface area contributed by atoms with Crippen LogP contribution in [0.4, 0.5) is 19.3 Å². The Kier molecular flexibility index (Phi) is 7.19. The van der Waals surface area contributed by atoms with Crippen LogP contribution in [0.15, 0.2) is 66.7 Å². The molecule has 4 rings (SSSR count). The minimum Gasteiger partial charge on any atom is -0.478 e. The standard InChI is InChI=1S/C25H21F2N5O4/c26-17-11-18(27)13-19(12-17)30-25(36)28-9-10-32-22(20-3-1-2-4-21(20)31-32)23(33)29-14-15-5-7-16(8-6-15)24(34)35/h1-8,11-13H,9-10,14H2,(H,29,33)(H,34,35)(H2,28,30,36). The molecule has 3 aromatic carbocycles. The summed E-state index contributed by atoms with van der Waals surface area (Å²) in [7, 11) is 0. The quantitative estimate of drug-likeness (QED) is 0.297. The van der Waals surface area contributed by atoms with E-state index in [2.05, 4.69) is 21.0 Å². The van der Waals surface area contributed by atoms with Crippen molar-refractivity contribution < 1.29 is 28.3 Å². The Bertz CT molecular complexity index is 1420. The molecule has 9 nitrogen and oxygen atoms in total. The van der Waals surface area contributed by atoms with Crippen molar-refractivity contribution >= 4 is 34.5 Å². The number of carboxylic acids is 1. The lowest BCUT2D eigenvalue weighted by molar-refractivity contribution is 0.0696. The number of hydrogen-bond acceptors (Lipinski definition) is 4. The first-order chi connectivity index (χ1) is 17.3. The second-order valence-corrected chi connectivity index (χ2v) is 7.81. The number of fused-ring (bicyclic) bond motifs is 1. The second kappa shape index (κ2) is 10.6. The van der Waals surface area contributed by atoms with Crippen LogP contribution in [0.1, 0.15) is 26.4 Å². The zero-order valence-corrected chi connectivity index (χ0v) is 18.8. The lowest BCUT2D eigenvalue weighted by atomic mass is 10.1. The largest absolute Gasteiger partial charge is 0.478 e. The second-order valence-electron chi connectivity index (χ2n) is 7.81. The molecule has 184 valence electrons. The summed E-state index contributed by atoms with van der Waals surface area (Å²) in [6, 6.07) is 15.2. The number of aromatic nitrogens is 2. The van der Waals surface area contributed by atoms with Crippen molar-refractivity contribution in [3.63, 3.8) is 0 Å². The zero-order valence-electron chi connectivity index (χ0n) is 18.8. The average molecular weight is 493 g/mol. The SMILES string of the molecule is O=C(NCCn1nc2ccccc2c1C(=O)NCc1ccc(C(=O)O)cc1)Nc1cc(F)cc(F)c1. The fraction of sp³-hybridized carbons (Fsp3) is 0.120. The number of carboxylic acid groups (broad SMARTS) is 1. The van der Waals surface area contributed by atoms with Crippen molar-refractivity contribution in [2.24, 2.45) is 0 Å². The van der Waals surface area contributed by atoms with Crippen LogP contribution in [0.5, 0.6) is 0 Å². The molecule has 0 spiro atoms. The molecule has 1 aromatic heterocycles. The first-order valence-electron chi connectivity index (χ1n) is 10.9. The van der Waals surface area contributed by atoms with Crippen LogP contribution >= 0.6 is 0 Å². The van der Waals surface area contributed by atoms with Crippen molar-refractivity contribution in [2.45, 2.75) is 13.1 Å². The number of rotatable bonds is 8. The van der Waals surface area contributed by atoms with E-state index in [1.54, 1.807) is 36.4 Å². The maximum atomic E-state index is 13.3. The maximum absolute atomic E-state index is 13.3. The van der Waals surface area contributed by atoms with Gasteiger partial charge in [0.15, 0.2) is 0 Å². The van der Waals surface area contributed by atoms with Crippen molar-refractivity contribution in [3.8, 4) is 0 Å². The highest BCUT2D eigenvalue weighted by Crippen LogP contribution is 2.18. The van der Waals surface area contributed by atoms with Gasteiger partial charge in [0.1, 0.15) is 17.3 Å². The molecule has 11 heteroatoms. The molecule has 0 fully saturated rings. The maximum Gasteiger partial charge on any atom is 0.335 e. The molecule has 0 radical (unpaired) electrons. The van der Waals surface area contributed by atoms with Crippen molar-refractivity contribution in [2.75, 3.05) is 11.9 Å². The monoisotopic (exact) mass is 493 g/mol. The number of urea groups is 1. The minimum atomic E-state index is -1.04. The molecule has 0 unspecified atom stereocenters. The number of carbonyl (C=O) groups is 3. The summed E-state index contributed by atoms with van der Waals surface area (Å²) in [5.41, 5.74) is 1.71. The summed E-state index contributed by atoms with van der Waals surface area (Å²) in [5.74, 6) is -3.07. The van der Waals surface area contributed by atoms with Gasteiger partial charge in [-0.25, -0.2) is 18.4 Å². The highest BCUT2D eigenvalue weighted by atomic mass is 19.1. The normalized spacial score (nSPS) is 10.7. The molecule has 0 saturated heterocycles. The third kappa shape index (κ3) is 5.81. The van der Waals surface area contributed by atoms with Gasteiger partial charge in [-0.2, -0.15) is 5.10 Å². The highest BCUT2D eigenvalue weighted by molar-refractivity contribution is 6.05. The topological polar surface area (TPSA) is 125 Å². The number of halogens is 2.